The number of para-hydroxylation sites is 1. The van der Waals surface area contributed by atoms with Crippen molar-refractivity contribution in [1.82, 2.24) is 4.98 Å². The van der Waals surface area contributed by atoms with Crippen molar-refractivity contribution in [2.24, 2.45) is 5.10 Å². The number of aromatic nitrogens is 1. The predicted octanol–water partition coefficient (Wildman–Crippen LogP) is 3.87. The standard InChI is InChI=1S/C22H17N5O5S/c1-14-18(21(29)26(25-14)16-5-3-2-4-6-16)12-15-11-17(27(30)31)7-8-19(15)32-13-20(28)24-22-23-9-10-33-22/h2-12H,13H2,1H3,(H,23,24,28). The molecule has 0 saturated carbocycles. The fourth-order valence-corrected chi connectivity index (χ4v) is 3.61. The monoisotopic (exact) mass is 463 g/mol. The van der Waals surface area contributed by atoms with Gasteiger partial charge < -0.3 is 4.74 Å². The Morgan fingerprint density at radius 1 is 1.27 bits per heavy atom. The van der Waals surface area contributed by atoms with Gasteiger partial charge in [0.25, 0.3) is 17.5 Å². The second-order valence-electron chi connectivity index (χ2n) is 6.85. The van der Waals surface area contributed by atoms with Crippen molar-refractivity contribution in [1.29, 1.82) is 0 Å². The third-order valence-electron chi connectivity index (χ3n) is 4.60. The van der Waals surface area contributed by atoms with Crippen LogP contribution < -0.4 is 15.1 Å². The molecule has 166 valence electrons. The lowest BCUT2D eigenvalue weighted by Gasteiger charge is -2.12. The summed E-state index contributed by atoms with van der Waals surface area (Å²) in [6.45, 7) is 1.33. The van der Waals surface area contributed by atoms with Crippen molar-refractivity contribution < 1.29 is 19.2 Å². The molecule has 0 saturated heterocycles. The van der Waals surface area contributed by atoms with Crippen LogP contribution in [0.5, 0.6) is 5.75 Å². The molecule has 2 amide bonds. The number of hydrazone groups is 1. The third kappa shape index (κ3) is 4.93. The van der Waals surface area contributed by atoms with Crippen molar-refractivity contribution >= 4 is 51.4 Å². The summed E-state index contributed by atoms with van der Waals surface area (Å²) < 4.78 is 5.61. The Morgan fingerprint density at radius 3 is 2.76 bits per heavy atom. The van der Waals surface area contributed by atoms with E-state index in [2.05, 4.69) is 15.4 Å². The average molecular weight is 463 g/mol. The van der Waals surface area contributed by atoms with E-state index in [1.54, 1.807) is 42.8 Å². The minimum absolute atomic E-state index is 0.179. The number of amides is 2. The van der Waals surface area contributed by atoms with Gasteiger partial charge in [-0.2, -0.15) is 10.1 Å². The Morgan fingerprint density at radius 2 is 2.06 bits per heavy atom. The zero-order valence-electron chi connectivity index (χ0n) is 17.3. The van der Waals surface area contributed by atoms with Gasteiger partial charge in [0.15, 0.2) is 11.7 Å². The molecule has 0 spiro atoms. The molecule has 1 aliphatic rings. The van der Waals surface area contributed by atoms with Crippen LogP contribution >= 0.6 is 11.3 Å². The van der Waals surface area contributed by atoms with E-state index in [4.69, 9.17) is 4.74 Å². The van der Waals surface area contributed by atoms with Crippen LogP contribution in [0.25, 0.3) is 6.08 Å². The van der Waals surface area contributed by atoms with Crippen molar-refractivity contribution in [3.05, 3.63) is 81.4 Å². The molecule has 0 unspecified atom stereocenters. The molecule has 0 atom stereocenters. The van der Waals surface area contributed by atoms with E-state index in [1.165, 1.54) is 40.6 Å². The first-order valence-electron chi connectivity index (χ1n) is 9.70. The molecule has 0 fully saturated rings. The van der Waals surface area contributed by atoms with E-state index < -0.39 is 10.8 Å². The number of carbonyl (C=O) groups is 2. The molecular weight excluding hydrogens is 446 g/mol. The number of hydrogen-bond acceptors (Lipinski definition) is 8. The largest absolute Gasteiger partial charge is 0.483 e. The van der Waals surface area contributed by atoms with E-state index in [0.717, 1.165) is 0 Å². The number of carbonyl (C=O) groups excluding carboxylic acids is 2. The van der Waals surface area contributed by atoms with Crippen LogP contribution in [-0.2, 0) is 9.59 Å². The minimum atomic E-state index is -0.547. The lowest BCUT2D eigenvalue weighted by atomic mass is 10.1. The number of benzene rings is 2. The van der Waals surface area contributed by atoms with Gasteiger partial charge in [-0.1, -0.05) is 18.2 Å². The number of ether oxygens (including phenoxy) is 1. The van der Waals surface area contributed by atoms with Gasteiger partial charge in [0, 0.05) is 29.3 Å². The number of hydrogen-bond donors (Lipinski definition) is 1. The molecule has 1 aromatic heterocycles. The summed E-state index contributed by atoms with van der Waals surface area (Å²) in [7, 11) is 0. The first-order valence-corrected chi connectivity index (χ1v) is 10.6. The van der Waals surface area contributed by atoms with E-state index in [-0.39, 0.29) is 35.1 Å². The maximum absolute atomic E-state index is 13.0. The number of thiazole rings is 1. The highest BCUT2D eigenvalue weighted by Crippen LogP contribution is 2.30. The van der Waals surface area contributed by atoms with Crippen LogP contribution in [0.4, 0.5) is 16.5 Å². The lowest BCUT2D eigenvalue weighted by molar-refractivity contribution is -0.384. The second-order valence-corrected chi connectivity index (χ2v) is 7.74. The molecule has 0 radical (unpaired) electrons. The second kappa shape index (κ2) is 9.40. The summed E-state index contributed by atoms with van der Waals surface area (Å²) >= 11 is 1.26. The SMILES string of the molecule is CC1=NN(c2ccccc2)C(=O)C1=Cc1cc([N+](=O)[O-])ccc1OCC(=O)Nc1nccs1. The molecule has 2 heterocycles. The van der Waals surface area contributed by atoms with Gasteiger partial charge in [0.1, 0.15) is 5.75 Å². The maximum Gasteiger partial charge on any atom is 0.280 e. The fraction of sp³-hybridized carbons (Fsp3) is 0.0909. The van der Waals surface area contributed by atoms with Gasteiger partial charge in [-0.25, -0.2) is 4.98 Å². The van der Waals surface area contributed by atoms with Crippen LogP contribution in [0.15, 0.2) is 70.8 Å². The normalized spacial score (nSPS) is 14.3. The van der Waals surface area contributed by atoms with Crippen LogP contribution in [0, 0.1) is 10.1 Å². The van der Waals surface area contributed by atoms with Crippen LogP contribution in [0.3, 0.4) is 0 Å². The van der Waals surface area contributed by atoms with E-state index >= 15 is 0 Å². The summed E-state index contributed by atoms with van der Waals surface area (Å²) in [5.41, 5.74) is 1.40. The van der Waals surface area contributed by atoms with Gasteiger partial charge in [0.05, 0.1) is 21.9 Å². The summed E-state index contributed by atoms with van der Waals surface area (Å²) in [5, 5.41) is 21.6. The molecule has 4 rings (SSSR count). The molecule has 11 heteroatoms. The molecule has 33 heavy (non-hydrogen) atoms. The van der Waals surface area contributed by atoms with E-state index in [0.29, 0.717) is 16.5 Å². The quantitative estimate of drug-likeness (QED) is 0.322. The Kier molecular flexibility index (Phi) is 6.22. The molecule has 10 nitrogen and oxygen atoms in total. The molecular formula is C22H17N5O5S. The van der Waals surface area contributed by atoms with Gasteiger partial charge in [-0.3, -0.25) is 25.0 Å². The molecule has 1 aliphatic heterocycles. The van der Waals surface area contributed by atoms with Crippen molar-refractivity contribution in [2.75, 3.05) is 16.9 Å². The van der Waals surface area contributed by atoms with Crippen LogP contribution in [0.1, 0.15) is 12.5 Å². The van der Waals surface area contributed by atoms with Gasteiger partial charge in [0.2, 0.25) is 0 Å². The number of nitro groups is 1. The first kappa shape index (κ1) is 21.8. The maximum atomic E-state index is 13.0. The molecule has 1 N–H and O–H groups in total. The highest BCUT2D eigenvalue weighted by atomic mass is 32.1. The summed E-state index contributed by atoms with van der Waals surface area (Å²) in [6, 6.07) is 12.9. The highest BCUT2D eigenvalue weighted by Gasteiger charge is 2.29. The Hall–Kier alpha value is -4.38. The highest BCUT2D eigenvalue weighted by molar-refractivity contribution is 7.13. The van der Waals surface area contributed by atoms with Gasteiger partial charge in [-0.05, 0) is 31.2 Å². The Labute approximate surface area is 192 Å². The van der Waals surface area contributed by atoms with Crippen LogP contribution in [0.2, 0.25) is 0 Å². The molecule has 0 bridgehead atoms. The summed E-state index contributed by atoms with van der Waals surface area (Å²) in [6.07, 6.45) is 3.04. The molecule has 3 aromatic rings. The zero-order chi connectivity index (χ0) is 23.4. The fourth-order valence-electron chi connectivity index (χ4n) is 3.06. The molecule has 0 aliphatic carbocycles. The first-order chi connectivity index (χ1) is 15.9. The topological polar surface area (TPSA) is 127 Å². The molecule has 2 aromatic carbocycles. The van der Waals surface area contributed by atoms with Gasteiger partial charge >= 0.3 is 0 Å². The number of non-ortho nitro benzene ring substituents is 1. The Balaban J connectivity index is 1.60. The zero-order valence-corrected chi connectivity index (χ0v) is 18.1. The number of nitrogens with one attached hydrogen (secondary N) is 1. The number of anilines is 2. The van der Waals surface area contributed by atoms with Crippen molar-refractivity contribution in [3.63, 3.8) is 0 Å². The van der Waals surface area contributed by atoms with Crippen molar-refractivity contribution in [3.8, 4) is 5.75 Å². The van der Waals surface area contributed by atoms with Gasteiger partial charge in [-0.15, -0.1) is 11.3 Å². The lowest BCUT2D eigenvalue weighted by Crippen LogP contribution is -2.21. The third-order valence-corrected chi connectivity index (χ3v) is 5.29. The van der Waals surface area contributed by atoms with Crippen molar-refractivity contribution in [2.45, 2.75) is 6.92 Å². The number of nitro benzene ring substituents is 1. The summed E-state index contributed by atoms with van der Waals surface area (Å²) in [4.78, 5) is 39.8. The Bertz CT molecular complexity index is 1270. The average Bonchev–Trinajstić information content (AvgIpc) is 3.42. The van der Waals surface area contributed by atoms with Crippen LogP contribution in [-0.4, -0.2) is 34.0 Å². The predicted molar refractivity (Wildman–Crippen MR) is 124 cm³/mol. The smallest absolute Gasteiger partial charge is 0.280 e. The van der Waals surface area contributed by atoms with E-state index in [9.17, 15) is 19.7 Å². The summed E-state index contributed by atoms with van der Waals surface area (Å²) in [5.74, 6) is -0.606. The van der Waals surface area contributed by atoms with E-state index in [1.807, 2.05) is 6.07 Å². The minimum Gasteiger partial charge on any atom is -0.483 e. The number of rotatable bonds is 7. The number of nitrogens with zero attached hydrogens (tertiary/aromatic N) is 4.